The number of esters is 2. The van der Waals surface area contributed by atoms with E-state index in [1.165, 1.54) is 0 Å². The lowest BCUT2D eigenvalue weighted by molar-refractivity contribution is -0.158. The molecule has 0 bridgehead atoms. The van der Waals surface area contributed by atoms with E-state index >= 15 is 0 Å². The number of allylic oxidation sites excluding steroid dienone is 1. The molecule has 0 saturated carbocycles. The van der Waals surface area contributed by atoms with E-state index in [2.05, 4.69) is 0 Å². The molecule has 0 spiro atoms. The summed E-state index contributed by atoms with van der Waals surface area (Å²) in [6.07, 6.45) is 1.67. The topological polar surface area (TPSA) is 127 Å². The maximum Gasteiger partial charge on any atom is 0.311 e. The molecule has 0 aromatic carbocycles. The highest BCUT2D eigenvalue weighted by molar-refractivity contribution is 5.84. The van der Waals surface area contributed by atoms with Crippen molar-refractivity contribution in [3.8, 4) is 0 Å². The Hall–Kier alpha value is -2.38. The highest BCUT2D eigenvalue weighted by atomic mass is 16.5. The first-order valence-corrected chi connectivity index (χ1v) is 8.75. The SMILES string of the molecule is CCOC(=O)CC(C(=O)OCC)C1C=C(CC)C(C(=O)O)C(C(=O)O)C1. The highest BCUT2D eigenvalue weighted by Crippen LogP contribution is 2.40. The van der Waals surface area contributed by atoms with Gasteiger partial charge in [0.05, 0.1) is 37.4 Å². The summed E-state index contributed by atoms with van der Waals surface area (Å²) in [5.41, 5.74) is 0.444. The number of carboxylic acid groups (broad SMARTS) is 2. The molecule has 4 atom stereocenters. The van der Waals surface area contributed by atoms with Gasteiger partial charge in [0.2, 0.25) is 0 Å². The van der Waals surface area contributed by atoms with Gasteiger partial charge in [-0.15, -0.1) is 0 Å². The fourth-order valence-corrected chi connectivity index (χ4v) is 3.38. The molecule has 1 rings (SSSR count). The number of carbonyl (C=O) groups is 4. The van der Waals surface area contributed by atoms with E-state index in [9.17, 15) is 29.4 Å². The van der Waals surface area contributed by atoms with Crippen molar-refractivity contribution in [1.29, 1.82) is 0 Å². The van der Waals surface area contributed by atoms with Crippen LogP contribution in [-0.2, 0) is 28.7 Å². The molecule has 8 nitrogen and oxygen atoms in total. The minimum absolute atomic E-state index is 0.0569. The van der Waals surface area contributed by atoms with Gasteiger partial charge in [0.1, 0.15) is 0 Å². The average Bonchev–Trinajstić information content (AvgIpc) is 2.58. The van der Waals surface area contributed by atoms with E-state index in [4.69, 9.17) is 9.47 Å². The first-order chi connectivity index (χ1) is 12.3. The molecule has 1 aliphatic carbocycles. The van der Waals surface area contributed by atoms with Crippen molar-refractivity contribution < 1.29 is 38.9 Å². The Kier molecular flexibility index (Phi) is 8.28. The number of carboxylic acids is 2. The number of rotatable bonds is 9. The first-order valence-electron chi connectivity index (χ1n) is 8.75. The Balaban J connectivity index is 3.24. The van der Waals surface area contributed by atoms with E-state index in [-0.39, 0.29) is 26.1 Å². The molecule has 0 aromatic heterocycles. The molecule has 0 fully saturated rings. The summed E-state index contributed by atoms with van der Waals surface area (Å²) in [4.78, 5) is 47.4. The zero-order chi connectivity index (χ0) is 19.9. The maximum absolute atomic E-state index is 12.3. The molecular formula is C18H26O8. The fraction of sp³-hybridized carbons (Fsp3) is 0.667. The van der Waals surface area contributed by atoms with Crippen LogP contribution in [0.1, 0.15) is 40.0 Å². The van der Waals surface area contributed by atoms with Gasteiger partial charge in [0.15, 0.2) is 0 Å². The van der Waals surface area contributed by atoms with Gasteiger partial charge in [-0.1, -0.05) is 18.6 Å². The molecule has 2 N–H and O–H groups in total. The molecule has 0 saturated heterocycles. The van der Waals surface area contributed by atoms with Gasteiger partial charge in [-0.05, 0) is 32.6 Å². The molecule has 146 valence electrons. The largest absolute Gasteiger partial charge is 0.481 e. The summed E-state index contributed by atoms with van der Waals surface area (Å²) >= 11 is 0. The summed E-state index contributed by atoms with van der Waals surface area (Å²) in [7, 11) is 0. The molecule has 1 aliphatic rings. The molecule has 0 aliphatic heterocycles. The third-order valence-corrected chi connectivity index (χ3v) is 4.55. The lowest BCUT2D eigenvalue weighted by Gasteiger charge is -2.34. The smallest absolute Gasteiger partial charge is 0.311 e. The molecule has 4 unspecified atom stereocenters. The molecular weight excluding hydrogens is 344 g/mol. The van der Waals surface area contributed by atoms with Crippen LogP contribution < -0.4 is 0 Å². The second kappa shape index (κ2) is 9.94. The average molecular weight is 370 g/mol. The molecule has 0 amide bonds. The summed E-state index contributed by atoms with van der Waals surface area (Å²) < 4.78 is 9.94. The van der Waals surface area contributed by atoms with Gasteiger partial charge in [-0.3, -0.25) is 19.2 Å². The summed E-state index contributed by atoms with van der Waals surface area (Å²) in [5.74, 6) is -7.46. The van der Waals surface area contributed by atoms with Crippen LogP contribution in [0.15, 0.2) is 11.6 Å². The van der Waals surface area contributed by atoms with Gasteiger partial charge in [-0.25, -0.2) is 0 Å². The van der Waals surface area contributed by atoms with Gasteiger partial charge >= 0.3 is 23.9 Å². The Morgan fingerprint density at radius 3 is 2.15 bits per heavy atom. The van der Waals surface area contributed by atoms with Crippen LogP contribution in [-0.4, -0.2) is 47.3 Å². The fourth-order valence-electron chi connectivity index (χ4n) is 3.38. The van der Waals surface area contributed by atoms with Crippen molar-refractivity contribution in [2.75, 3.05) is 13.2 Å². The minimum atomic E-state index is -1.24. The van der Waals surface area contributed by atoms with Crippen molar-refractivity contribution in [2.45, 2.75) is 40.0 Å². The first kappa shape index (κ1) is 21.7. The van der Waals surface area contributed by atoms with Crippen molar-refractivity contribution in [1.82, 2.24) is 0 Å². The lowest BCUT2D eigenvalue weighted by Crippen LogP contribution is -2.39. The van der Waals surface area contributed by atoms with E-state index in [0.29, 0.717) is 12.0 Å². The van der Waals surface area contributed by atoms with Crippen molar-refractivity contribution in [3.63, 3.8) is 0 Å². The number of carbonyl (C=O) groups excluding carboxylic acids is 2. The predicted molar refractivity (Wildman–Crippen MR) is 90.1 cm³/mol. The van der Waals surface area contributed by atoms with Gasteiger partial charge in [0, 0.05) is 0 Å². The third-order valence-electron chi connectivity index (χ3n) is 4.55. The van der Waals surface area contributed by atoms with E-state index in [1.807, 2.05) is 0 Å². The molecule has 0 aromatic rings. The van der Waals surface area contributed by atoms with Crippen molar-refractivity contribution >= 4 is 23.9 Å². The van der Waals surface area contributed by atoms with E-state index < -0.39 is 47.5 Å². The zero-order valence-electron chi connectivity index (χ0n) is 15.3. The second-order valence-corrected chi connectivity index (χ2v) is 6.12. The quantitative estimate of drug-likeness (QED) is 0.465. The van der Waals surface area contributed by atoms with E-state index in [0.717, 1.165) is 0 Å². The predicted octanol–water partition coefficient (Wildman–Crippen LogP) is 1.88. The number of ether oxygens (including phenoxy) is 2. The molecule has 0 radical (unpaired) electrons. The van der Waals surface area contributed by atoms with E-state index in [1.54, 1.807) is 26.8 Å². The van der Waals surface area contributed by atoms with Crippen LogP contribution in [0.5, 0.6) is 0 Å². The van der Waals surface area contributed by atoms with Crippen LogP contribution in [0.3, 0.4) is 0 Å². The van der Waals surface area contributed by atoms with Crippen LogP contribution in [0, 0.1) is 23.7 Å². The number of hydrogen-bond acceptors (Lipinski definition) is 6. The Morgan fingerprint density at radius 1 is 1.08 bits per heavy atom. The number of aliphatic carboxylic acids is 2. The monoisotopic (exact) mass is 370 g/mol. The van der Waals surface area contributed by atoms with Crippen molar-refractivity contribution in [3.05, 3.63) is 11.6 Å². The second-order valence-electron chi connectivity index (χ2n) is 6.12. The normalized spacial score (nSPS) is 23.5. The summed E-state index contributed by atoms with van der Waals surface area (Å²) in [6, 6.07) is 0. The standard InChI is InChI=1S/C18H26O8/c1-4-10-7-11(8-13(16(20)21)15(10)17(22)23)12(18(24)26-6-3)9-14(19)25-5-2/h7,11-13,15H,4-6,8-9H2,1-3H3,(H,20,21)(H,22,23). The Bertz CT molecular complexity index is 580. The third kappa shape index (κ3) is 5.31. The molecule has 8 heteroatoms. The van der Waals surface area contributed by atoms with Crippen molar-refractivity contribution in [2.24, 2.45) is 23.7 Å². The van der Waals surface area contributed by atoms with Gasteiger partial charge in [-0.2, -0.15) is 0 Å². The van der Waals surface area contributed by atoms with Crippen LogP contribution >= 0.6 is 0 Å². The summed E-state index contributed by atoms with van der Waals surface area (Å²) in [5, 5.41) is 18.9. The van der Waals surface area contributed by atoms with Gasteiger partial charge < -0.3 is 19.7 Å². The Labute approximate surface area is 152 Å². The van der Waals surface area contributed by atoms with Crippen LogP contribution in [0.4, 0.5) is 0 Å². The van der Waals surface area contributed by atoms with Crippen LogP contribution in [0.2, 0.25) is 0 Å². The lowest BCUT2D eigenvalue weighted by atomic mass is 9.69. The van der Waals surface area contributed by atoms with Gasteiger partial charge in [0.25, 0.3) is 0 Å². The zero-order valence-corrected chi connectivity index (χ0v) is 15.3. The maximum atomic E-state index is 12.3. The minimum Gasteiger partial charge on any atom is -0.481 e. The summed E-state index contributed by atoms with van der Waals surface area (Å²) in [6.45, 7) is 5.29. The molecule has 0 heterocycles. The molecule has 26 heavy (non-hydrogen) atoms. The number of hydrogen-bond donors (Lipinski definition) is 2. The van der Waals surface area contributed by atoms with Crippen LogP contribution in [0.25, 0.3) is 0 Å². The highest BCUT2D eigenvalue weighted by Gasteiger charge is 2.44. The Morgan fingerprint density at radius 2 is 1.69 bits per heavy atom.